The molecule has 19 heavy (non-hydrogen) atoms. The molecule has 2 N–H and O–H groups in total. The summed E-state index contributed by atoms with van der Waals surface area (Å²) in [7, 11) is -4.12. The van der Waals surface area contributed by atoms with Crippen molar-refractivity contribution in [1.29, 1.82) is 0 Å². The molecule has 0 radical (unpaired) electrons. The zero-order chi connectivity index (χ0) is 14.8. The third kappa shape index (κ3) is 4.62. The number of carboxylic acids is 1. The van der Waals surface area contributed by atoms with E-state index in [0.29, 0.717) is 4.31 Å². The number of aliphatic carboxylic acids is 1. The third-order valence-electron chi connectivity index (χ3n) is 2.74. The molecule has 0 amide bonds. The molecule has 1 aliphatic rings. The molecule has 1 unspecified atom stereocenters. The minimum atomic E-state index is -4.45. The van der Waals surface area contributed by atoms with Gasteiger partial charge in [-0.2, -0.15) is 17.5 Å². The second kappa shape index (κ2) is 5.63. The number of nitrogens with zero attached hydrogens (tertiary/aromatic N) is 1. The lowest BCUT2D eigenvalue weighted by Crippen LogP contribution is -2.41. The first-order valence-corrected chi connectivity index (χ1v) is 7.11. The maximum Gasteiger partial charge on any atom is 0.389 e. The average Bonchev–Trinajstić information content (AvgIpc) is 2.58. The largest absolute Gasteiger partial charge is 0.480 e. The van der Waals surface area contributed by atoms with Crippen LogP contribution in [-0.4, -0.2) is 59.5 Å². The summed E-state index contributed by atoms with van der Waals surface area (Å²) in [5, 5.41) is 18.1. The van der Waals surface area contributed by atoms with Crippen LogP contribution in [0.2, 0.25) is 0 Å². The molecule has 0 aromatic rings. The van der Waals surface area contributed by atoms with Crippen molar-refractivity contribution < 1.29 is 36.6 Å². The Hall–Kier alpha value is -0.870. The summed E-state index contributed by atoms with van der Waals surface area (Å²) >= 11 is 0. The van der Waals surface area contributed by atoms with Gasteiger partial charge in [0.1, 0.15) is 6.04 Å². The Morgan fingerprint density at radius 2 is 1.95 bits per heavy atom. The van der Waals surface area contributed by atoms with Gasteiger partial charge in [0.15, 0.2) is 0 Å². The van der Waals surface area contributed by atoms with Gasteiger partial charge in [0, 0.05) is 19.4 Å². The Labute approximate surface area is 107 Å². The molecule has 1 fully saturated rings. The van der Waals surface area contributed by atoms with E-state index >= 15 is 0 Å². The van der Waals surface area contributed by atoms with Gasteiger partial charge in [-0.3, -0.25) is 4.79 Å². The summed E-state index contributed by atoms with van der Waals surface area (Å²) in [6, 6.07) is -1.41. The number of hydrogen-bond donors (Lipinski definition) is 2. The van der Waals surface area contributed by atoms with Crippen molar-refractivity contribution in [1.82, 2.24) is 4.31 Å². The Balaban J connectivity index is 2.68. The first kappa shape index (κ1) is 16.2. The van der Waals surface area contributed by atoms with E-state index in [9.17, 15) is 31.5 Å². The van der Waals surface area contributed by atoms with E-state index in [4.69, 9.17) is 5.11 Å². The van der Waals surface area contributed by atoms with Gasteiger partial charge in [-0.25, -0.2) is 8.42 Å². The number of halogens is 3. The van der Waals surface area contributed by atoms with Crippen LogP contribution in [0.15, 0.2) is 0 Å². The number of carboxylic acid groups (broad SMARTS) is 1. The van der Waals surface area contributed by atoms with Gasteiger partial charge in [-0.1, -0.05) is 0 Å². The number of rotatable bonds is 5. The molecule has 1 rings (SSSR count). The zero-order valence-corrected chi connectivity index (χ0v) is 10.6. The number of aliphatic hydroxyl groups excluding tert-OH is 1. The summed E-state index contributed by atoms with van der Waals surface area (Å²) in [6.45, 7) is -0.398. The smallest absolute Gasteiger partial charge is 0.389 e. The number of carbonyl (C=O) groups is 1. The Bertz CT molecular complexity index is 436. The maximum atomic E-state index is 11.9. The summed E-state index contributed by atoms with van der Waals surface area (Å²) in [4.78, 5) is 10.8. The molecule has 10 heteroatoms. The maximum absolute atomic E-state index is 11.9. The van der Waals surface area contributed by atoms with Gasteiger partial charge in [-0.15, -0.1) is 0 Å². The molecule has 0 saturated carbocycles. The first-order chi connectivity index (χ1) is 8.53. The Morgan fingerprint density at radius 1 is 1.37 bits per heavy atom. The summed E-state index contributed by atoms with van der Waals surface area (Å²) in [5.74, 6) is -2.21. The second-order valence-electron chi connectivity index (χ2n) is 4.35. The predicted octanol–water partition coefficient (Wildman–Crippen LogP) is 0.179. The SMILES string of the molecule is O=C(O)[C@@H]1CC(O)CN1S(=O)(=O)CCCC(F)(F)F. The molecule has 1 heterocycles. The fourth-order valence-electron chi connectivity index (χ4n) is 1.89. The molecule has 2 atom stereocenters. The fraction of sp³-hybridized carbons (Fsp3) is 0.889. The zero-order valence-electron chi connectivity index (χ0n) is 9.80. The number of sulfonamides is 1. The van der Waals surface area contributed by atoms with Crippen LogP contribution < -0.4 is 0 Å². The fourth-order valence-corrected chi connectivity index (χ4v) is 3.60. The van der Waals surface area contributed by atoms with Crippen LogP contribution in [-0.2, 0) is 14.8 Å². The highest BCUT2D eigenvalue weighted by Gasteiger charge is 2.42. The number of aliphatic hydroxyl groups is 1. The van der Waals surface area contributed by atoms with E-state index in [1.807, 2.05) is 0 Å². The topological polar surface area (TPSA) is 94.9 Å². The number of alkyl halides is 3. The quantitative estimate of drug-likeness (QED) is 0.755. The van der Waals surface area contributed by atoms with Gasteiger partial charge in [0.25, 0.3) is 0 Å². The predicted molar refractivity (Wildman–Crippen MR) is 57.8 cm³/mol. The molecule has 0 aliphatic carbocycles. The molecule has 0 aromatic carbocycles. The minimum Gasteiger partial charge on any atom is -0.480 e. The number of β-amino-alcohol motifs (C(OH)–C–C–N with tert-alkyl or cyclic N) is 1. The van der Waals surface area contributed by atoms with E-state index in [1.54, 1.807) is 0 Å². The van der Waals surface area contributed by atoms with Crippen molar-refractivity contribution >= 4 is 16.0 Å². The second-order valence-corrected chi connectivity index (χ2v) is 6.39. The van der Waals surface area contributed by atoms with E-state index in [2.05, 4.69) is 0 Å². The van der Waals surface area contributed by atoms with Gasteiger partial charge in [0.05, 0.1) is 11.9 Å². The van der Waals surface area contributed by atoms with Gasteiger partial charge >= 0.3 is 12.1 Å². The van der Waals surface area contributed by atoms with E-state index in [1.165, 1.54) is 0 Å². The van der Waals surface area contributed by atoms with Crippen LogP contribution in [0.1, 0.15) is 19.3 Å². The normalized spacial score (nSPS) is 25.7. The van der Waals surface area contributed by atoms with Crippen LogP contribution >= 0.6 is 0 Å². The molecule has 0 bridgehead atoms. The number of hydrogen-bond acceptors (Lipinski definition) is 4. The molecule has 0 aromatic heterocycles. The molecular formula is C9H14F3NO5S. The van der Waals surface area contributed by atoms with E-state index in [0.717, 1.165) is 0 Å². The highest BCUT2D eigenvalue weighted by atomic mass is 32.2. The summed E-state index contributed by atoms with van der Waals surface area (Å²) < 4.78 is 59.9. The molecule has 6 nitrogen and oxygen atoms in total. The lowest BCUT2D eigenvalue weighted by atomic mass is 10.2. The van der Waals surface area contributed by atoms with Gasteiger partial charge in [-0.05, 0) is 6.42 Å². The molecule has 1 saturated heterocycles. The van der Waals surface area contributed by atoms with Crippen LogP contribution in [0.3, 0.4) is 0 Å². The lowest BCUT2D eigenvalue weighted by Gasteiger charge is -2.20. The van der Waals surface area contributed by atoms with Crippen molar-refractivity contribution in [3.05, 3.63) is 0 Å². The molecule has 0 spiro atoms. The van der Waals surface area contributed by atoms with Crippen LogP contribution in [0, 0.1) is 0 Å². The van der Waals surface area contributed by atoms with Crippen molar-refractivity contribution in [3.63, 3.8) is 0 Å². The monoisotopic (exact) mass is 305 g/mol. The summed E-state index contributed by atoms with van der Waals surface area (Å²) in [6.07, 6.45) is -7.70. The van der Waals surface area contributed by atoms with Crippen molar-refractivity contribution in [2.45, 2.75) is 37.6 Å². The van der Waals surface area contributed by atoms with Gasteiger partial charge < -0.3 is 10.2 Å². The van der Waals surface area contributed by atoms with Crippen LogP contribution in [0.4, 0.5) is 13.2 Å². The average molecular weight is 305 g/mol. The van der Waals surface area contributed by atoms with Crippen molar-refractivity contribution in [2.75, 3.05) is 12.3 Å². The Morgan fingerprint density at radius 3 is 2.42 bits per heavy atom. The Kier molecular flexibility index (Phi) is 4.80. The molecule has 112 valence electrons. The minimum absolute atomic E-state index is 0.256. The highest BCUT2D eigenvalue weighted by Crippen LogP contribution is 2.25. The lowest BCUT2D eigenvalue weighted by molar-refractivity contribution is -0.141. The van der Waals surface area contributed by atoms with Crippen molar-refractivity contribution in [3.8, 4) is 0 Å². The molecular weight excluding hydrogens is 291 g/mol. The summed E-state index contributed by atoms with van der Waals surface area (Å²) in [5.41, 5.74) is 0. The first-order valence-electron chi connectivity index (χ1n) is 5.50. The van der Waals surface area contributed by atoms with E-state index < -0.39 is 59.5 Å². The van der Waals surface area contributed by atoms with E-state index in [-0.39, 0.29) is 6.42 Å². The van der Waals surface area contributed by atoms with Gasteiger partial charge in [0.2, 0.25) is 10.0 Å². The van der Waals surface area contributed by atoms with Crippen LogP contribution in [0.5, 0.6) is 0 Å². The standard InChI is InChI=1S/C9H14F3NO5S/c10-9(11,12)2-1-3-19(17,18)13-5-6(14)4-7(13)8(15)16/h6-7,14H,1-5H2,(H,15,16)/t6?,7-/m0/s1. The van der Waals surface area contributed by atoms with Crippen LogP contribution in [0.25, 0.3) is 0 Å². The third-order valence-corrected chi connectivity index (χ3v) is 4.66. The highest BCUT2D eigenvalue weighted by molar-refractivity contribution is 7.89. The van der Waals surface area contributed by atoms with Crippen molar-refractivity contribution in [2.24, 2.45) is 0 Å². The molecule has 1 aliphatic heterocycles.